The second-order valence-corrected chi connectivity index (χ2v) is 5.17. The summed E-state index contributed by atoms with van der Waals surface area (Å²) in [6.07, 6.45) is 0. The molecule has 1 heterocycles. The zero-order valence-corrected chi connectivity index (χ0v) is 11.2. The van der Waals surface area contributed by atoms with Crippen LogP contribution in [0, 0.1) is 17.2 Å². The van der Waals surface area contributed by atoms with Crippen LogP contribution in [0.4, 0.5) is 0 Å². The topological polar surface area (TPSA) is 70.1 Å². The SMILES string of the molecule is C.CC(C)[C@@H](N)C(=O)N1CCSC[C@H]1C#N.Cl. The first kappa shape index (κ1) is 18.9. The molecule has 4 nitrogen and oxygen atoms in total. The van der Waals surface area contributed by atoms with Crippen LogP contribution in [0.1, 0.15) is 21.3 Å². The molecule has 1 saturated heterocycles. The molecule has 2 atom stereocenters. The molecular weight excluding hydrogens is 258 g/mol. The molecule has 6 heteroatoms. The smallest absolute Gasteiger partial charge is 0.240 e. The fourth-order valence-electron chi connectivity index (χ4n) is 1.45. The summed E-state index contributed by atoms with van der Waals surface area (Å²) in [5, 5.41) is 8.93. The van der Waals surface area contributed by atoms with Crippen molar-refractivity contribution < 1.29 is 4.79 Å². The molecule has 0 aromatic heterocycles. The highest BCUT2D eigenvalue weighted by atomic mass is 35.5. The number of carbonyl (C=O) groups excluding carboxylic acids is 1. The minimum absolute atomic E-state index is 0. The van der Waals surface area contributed by atoms with Gasteiger partial charge in [-0.3, -0.25) is 4.79 Å². The maximum atomic E-state index is 11.9. The van der Waals surface area contributed by atoms with Crippen molar-refractivity contribution in [1.82, 2.24) is 4.90 Å². The van der Waals surface area contributed by atoms with Gasteiger partial charge in [-0.25, -0.2) is 0 Å². The van der Waals surface area contributed by atoms with Crippen LogP contribution in [-0.2, 0) is 4.79 Å². The highest BCUT2D eigenvalue weighted by molar-refractivity contribution is 7.99. The Morgan fingerprint density at radius 1 is 1.59 bits per heavy atom. The Morgan fingerprint density at radius 2 is 2.18 bits per heavy atom. The van der Waals surface area contributed by atoms with Gasteiger partial charge in [-0.2, -0.15) is 17.0 Å². The number of rotatable bonds is 2. The zero-order valence-electron chi connectivity index (χ0n) is 9.55. The molecule has 0 unspecified atom stereocenters. The Hall–Kier alpha value is -0.440. The number of halogens is 1. The van der Waals surface area contributed by atoms with Crippen LogP contribution in [0.2, 0.25) is 0 Å². The molecule has 1 fully saturated rings. The Morgan fingerprint density at radius 3 is 2.65 bits per heavy atom. The Kier molecular flexibility index (Phi) is 9.59. The Bertz CT molecular complexity index is 280. The van der Waals surface area contributed by atoms with Gasteiger partial charge in [0.05, 0.1) is 12.1 Å². The number of nitrogens with zero attached hydrogens (tertiary/aromatic N) is 2. The number of nitrogens with two attached hydrogens (primary N) is 1. The van der Waals surface area contributed by atoms with E-state index in [1.807, 2.05) is 13.8 Å². The van der Waals surface area contributed by atoms with Crippen LogP contribution in [-0.4, -0.2) is 40.9 Å². The van der Waals surface area contributed by atoms with Gasteiger partial charge in [-0.05, 0) is 5.92 Å². The van der Waals surface area contributed by atoms with E-state index in [0.717, 1.165) is 5.75 Å². The lowest BCUT2D eigenvalue weighted by atomic mass is 10.0. The summed E-state index contributed by atoms with van der Waals surface area (Å²) in [5.74, 6) is 1.63. The molecule has 1 aliphatic rings. The van der Waals surface area contributed by atoms with Crippen molar-refractivity contribution >= 4 is 30.1 Å². The van der Waals surface area contributed by atoms with E-state index in [2.05, 4.69) is 6.07 Å². The van der Waals surface area contributed by atoms with E-state index >= 15 is 0 Å². The third-order valence-electron chi connectivity index (χ3n) is 2.56. The number of thioether (sulfide) groups is 1. The van der Waals surface area contributed by atoms with Gasteiger partial charge in [0.2, 0.25) is 5.91 Å². The molecule has 2 N–H and O–H groups in total. The molecule has 1 aliphatic heterocycles. The first-order chi connectivity index (χ1) is 7.07. The van der Waals surface area contributed by atoms with Gasteiger partial charge in [0, 0.05) is 18.1 Å². The first-order valence-electron chi connectivity index (χ1n) is 5.11. The predicted octanol–water partition coefficient (Wildman–Crippen LogP) is 1.50. The fourth-order valence-corrected chi connectivity index (χ4v) is 2.42. The van der Waals surface area contributed by atoms with Crippen molar-refractivity contribution in [2.75, 3.05) is 18.1 Å². The van der Waals surface area contributed by atoms with Crippen LogP contribution in [0.25, 0.3) is 0 Å². The van der Waals surface area contributed by atoms with E-state index < -0.39 is 6.04 Å². The van der Waals surface area contributed by atoms with Crippen LogP contribution in [0.5, 0.6) is 0 Å². The lowest BCUT2D eigenvalue weighted by Crippen LogP contribution is -2.53. The normalized spacial score (nSPS) is 20.9. The van der Waals surface area contributed by atoms with Gasteiger partial charge in [0.25, 0.3) is 0 Å². The van der Waals surface area contributed by atoms with E-state index in [0.29, 0.717) is 12.3 Å². The van der Waals surface area contributed by atoms with E-state index in [4.69, 9.17) is 11.0 Å². The molecule has 0 radical (unpaired) electrons. The summed E-state index contributed by atoms with van der Waals surface area (Å²) in [7, 11) is 0. The standard InChI is InChI=1S/C10H17N3OS.CH4.ClH/c1-7(2)9(12)10(14)13-3-4-15-6-8(13)5-11;;/h7-9H,3-4,6,12H2,1-2H3;1H4;1H/t8-,9-;;/m1../s1. The first-order valence-corrected chi connectivity index (χ1v) is 6.26. The average molecular weight is 280 g/mol. The third-order valence-corrected chi connectivity index (χ3v) is 3.59. The number of hydrogen-bond donors (Lipinski definition) is 1. The van der Waals surface area contributed by atoms with Gasteiger partial charge in [-0.15, -0.1) is 12.4 Å². The zero-order chi connectivity index (χ0) is 11.4. The molecule has 100 valence electrons. The summed E-state index contributed by atoms with van der Waals surface area (Å²) < 4.78 is 0. The number of amides is 1. The lowest BCUT2D eigenvalue weighted by Gasteiger charge is -2.33. The molecule has 0 aromatic carbocycles. The van der Waals surface area contributed by atoms with Gasteiger partial charge in [0.15, 0.2) is 0 Å². The molecule has 0 bridgehead atoms. The van der Waals surface area contributed by atoms with Crippen molar-refractivity contribution in [1.29, 1.82) is 5.26 Å². The van der Waals surface area contributed by atoms with Crippen molar-refractivity contribution in [3.05, 3.63) is 0 Å². The van der Waals surface area contributed by atoms with Gasteiger partial charge in [-0.1, -0.05) is 21.3 Å². The summed E-state index contributed by atoms with van der Waals surface area (Å²) >= 11 is 1.71. The van der Waals surface area contributed by atoms with E-state index in [1.54, 1.807) is 16.7 Å². The van der Waals surface area contributed by atoms with Crippen molar-refractivity contribution in [2.45, 2.75) is 33.4 Å². The minimum atomic E-state index is -0.482. The third kappa shape index (κ3) is 4.74. The average Bonchev–Trinajstić information content (AvgIpc) is 2.26. The molecular formula is C11H22ClN3OS. The van der Waals surface area contributed by atoms with E-state index in [1.165, 1.54) is 0 Å². The number of hydrogen-bond acceptors (Lipinski definition) is 4. The van der Waals surface area contributed by atoms with Crippen LogP contribution >= 0.6 is 24.2 Å². The van der Waals surface area contributed by atoms with Crippen LogP contribution in [0.15, 0.2) is 0 Å². The van der Waals surface area contributed by atoms with Crippen LogP contribution < -0.4 is 5.73 Å². The monoisotopic (exact) mass is 279 g/mol. The predicted molar refractivity (Wildman–Crippen MR) is 75.2 cm³/mol. The van der Waals surface area contributed by atoms with Crippen molar-refractivity contribution in [3.63, 3.8) is 0 Å². The Labute approximate surface area is 114 Å². The molecule has 17 heavy (non-hydrogen) atoms. The van der Waals surface area contributed by atoms with Crippen molar-refractivity contribution in [3.8, 4) is 6.07 Å². The van der Waals surface area contributed by atoms with E-state index in [-0.39, 0.29) is 37.7 Å². The van der Waals surface area contributed by atoms with Gasteiger partial charge in [0.1, 0.15) is 6.04 Å². The Balaban J connectivity index is 0. The molecule has 0 spiro atoms. The largest absolute Gasteiger partial charge is 0.324 e. The number of carbonyl (C=O) groups is 1. The molecule has 1 rings (SSSR count). The molecule has 1 amide bonds. The summed E-state index contributed by atoms with van der Waals surface area (Å²) in [6.45, 7) is 4.48. The molecule has 0 aliphatic carbocycles. The quantitative estimate of drug-likeness (QED) is 0.831. The van der Waals surface area contributed by atoms with Gasteiger partial charge >= 0.3 is 0 Å². The fraction of sp³-hybridized carbons (Fsp3) is 0.818. The van der Waals surface area contributed by atoms with Crippen LogP contribution in [0.3, 0.4) is 0 Å². The second kappa shape index (κ2) is 8.62. The maximum Gasteiger partial charge on any atom is 0.240 e. The highest BCUT2D eigenvalue weighted by Gasteiger charge is 2.31. The van der Waals surface area contributed by atoms with Gasteiger partial charge < -0.3 is 10.6 Å². The van der Waals surface area contributed by atoms with Crippen molar-refractivity contribution in [2.24, 2.45) is 11.7 Å². The summed E-state index contributed by atoms with van der Waals surface area (Å²) in [4.78, 5) is 13.6. The number of nitriles is 1. The molecule has 0 saturated carbocycles. The lowest BCUT2D eigenvalue weighted by molar-refractivity contribution is -0.134. The maximum absolute atomic E-state index is 11.9. The second-order valence-electron chi connectivity index (χ2n) is 4.02. The minimum Gasteiger partial charge on any atom is -0.324 e. The summed E-state index contributed by atoms with van der Waals surface area (Å²) in [5.41, 5.74) is 5.80. The molecule has 0 aromatic rings. The summed E-state index contributed by atoms with van der Waals surface area (Å²) in [6, 6.07) is 1.37. The highest BCUT2D eigenvalue weighted by Crippen LogP contribution is 2.17. The van der Waals surface area contributed by atoms with E-state index in [9.17, 15) is 4.79 Å².